The molecule has 0 radical (unpaired) electrons. The van der Waals surface area contributed by atoms with E-state index in [4.69, 9.17) is 19.3 Å². The minimum atomic E-state index is -1.13. The van der Waals surface area contributed by atoms with Gasteiger partial charge >= 0.3 is 12.1 Å². The standard InChI is InChI=1S/C12H13NO6/c14-11(15)6-13-12(16)19-7-8-1-2-9-10(5-8)18-4-3-17-9/h1-2,5H,3-4,6-7H2,(H,13,16)(H,14,15). The Bertz CT molecular complexity index is 487. The molecule has 7 heteroatoms. The Kier molecular flexibility index (Phi) is 4.07. The molecule has 7 nitrogen and oxygen atoms in total. The van der Waals surface area contributed by atoms with Gasteiger partial charge in [-0.1, -0.05) is 6.07 Å². The number of carbonyl (C=O) groups excluding carboxylic acids is 1. The number of hydrogen-bond acceptors (Lipinski definition) is 5. The molecule has 0 atom stereocenters. The zero-order valence-corrected chi connectivity index (χ0v) is 10.0. The predicted molar refractivity (Wildman–Crippen MR) is 63.3 cm³/mol. The molecule has 0 bridgehead atoms. The van der Waals surface area contributed by atoms with Crippen molar-refractivity contribution >= 4 is 12.1 Å². The van der Waals surface area contributed by atoms with E-state index in [-0.39, 0.29) is 6.61 Å². The van der Waals surface area contributed by atoms with Crippen molar-refractivity contribution in [3.8, 4) is 11.5 Å². The number of nitrogens with one attached hydrogen (secondary N) is 1. The Morgan fingerprint density at radius 1 is 1.26 bits per heavy atom. The van der Waals surface area contributed by atoms with Gasteiger partial charge in [-0.25, -0.2) is 4.79 Å². The van der Waals surface area contributed by atoms with Crippen molar-refractivity contribution in [2.75, 3.05) is 19.8 Å². The Morgan fingerprint density at radius 2 is 2.00 bits per heavy atom. The molecule has 2 rings (SSSR count). The summed E-state index contributed by atoms with van der Waals surface area (Å²) >= 11 is 0. The molecule has 1 amide bonds. The summed E-state index contributed by atoms with van der Waals surface area (Å²) in [6.07, 6.45) is -0.780. The van der Waals surface area contributed by atoms with Crippen LogP contribution in [0.5, 0.6) is 11.5 Å². The van der Waals surface area contributed by atoms with Crippen molar-refractivity contribution in [1.29, 1.82) is 0 Å². The number of fused-ring (bicyclic) bond motifs is 1. The maximum absolute atomic E-state index is 11.2. The van der Waals surface area contributed by atoms with E-state index in [0.717, 1.165) is 5.56 Å². The third-order valence-corrected chi connectivity index (χ3v) is 2.36. The topological polar surface area (TPSA) is 94.1 Å². The number of aliphatic carboxylic acids is 1. The van der Waals surface area contributed by atoms with Gasteiger partial charge in [-0.15, -0.1) is 0 Å². The van der Waals surface area contributed by atoms with Crippen LogP contribution in [0.1, 0.15) is 5.56 Å². The number of carbonyl (C=O) groups is 2. The molecule has 1 aromatic carbocycles. The van der Waals surface area contributed by atoms with Gasteiger partial charge < -0.3 is 24.6 Å². The summed E-state index contributed by atoms with van der Waals surface area (Å²) in [7, 11) is 0. The first kappa shape index (κ1) is 13.0. The molecule has 0 saturated heterocycles. The summed E-state index contributed by atoms with van der Waals surface area (Å²) in [4.78, 5) is 21.4. The number of hydrogen-bond donors (Lipinski definition) is 2. The smallest absolute Gasteiger partial charge is 0.407 e. The number of alkyl carbamates (subject to hydrolysis) is 1. The lowest BCUT2D eigenvalue weighted by Gasteiger charge is -2.18. The fraction of sp³-hybridized carbons (Fsp3) is 0.333. The van der Waals surface area contributed by atoms with Crippen LogP contribution in [0.25, 0.3) is 0 Å². The summed E-state index contributed by atoms with van der Waals surface area (Å²) < 4.78 is 15.6. The van der Waals surface area contributed by atoms with E-state index >= 15 is 0 Å². The predicted octanol–water partition coefficient (Wildman–Crippen LogP) is 0.769. The summed E-state index contributed by atoms with van der Waals surface area (Å²) in [5.74, 6) is 0.139. The molecule has 1 aliphatic rings. The third kappa shape index (κ3) is 3.77. The molecule has 102 valence electrons. The lowest BCUT2D eigenvalue weighted by atomic mass is 10.2. The second-order valence-corrected chi connectivity index (χ2v) is 3.80. The molecule has 1 aliphatic heterocycles. The van der Waals surface area contributed by atoms with Crippen molar-refractivity contribution in [2.45, 2.75) is 6.61 Å². The zero-order chi connectivity index (χ0) is 13.7. The van der Waals surface area contributed by atoms with Gasteiger partial charge in [0.15, 0.2) is 11.5 Å². The van der Waals surface area contributed by atoms with E-state index in [0.29, 0.717) is 24.7 Å². The zero-order valence-electron chi connectivity index (χ0n) is 10.0. The molecule has 1 heterocycles. The fourth-order valence-electron chi connectivity index (χ4n) is 1.53. The average molecular weight is 267 g/mol. The van der Waals surface area contributed by atoms with Gasteiger partial charge in [-0.2, -0.15) is 0 Å². The van der Waals surface area contributed by atoms with Crippen LogP contribution < -0.4 is 14.8 Å². The van der Waals surface area contributed by atoms with Crippen LogP contribution >= 0.6 is 0 Å². The van der Waals surface area contributed by atoms with E-state index in [1.54, 1.807) is 18.2 Å². The molecule has 0 aromatic heterocycles. The highest BCUT2D eigenvalue weighted by atomic mass is 16.6. The lowest BCUT2D eigenvalue weighted by Crippen LogP contribution is -2.29. The summed E-state index contributed by atoms with van der Waals surface area (Å²) in [6.45, 7) is 0.554. The first-order valence-corrected chi connectivity index (χ1v) is 5.66. The number of rotatable bonds is 4. The van der Waals surface area contributed by atoms with E-state index in [1.165, 1.54) is 0 Å². The Labute approximate surface area is 109 Å². The van der Waals surface area contributed by atoms with E-state index in [1.807, 2.05) is 0 Å². The van der Waals surface area contributed by atoms with Crippen LogP contribution in [0.15, 0.2) is 18.2 Å². The van der Waals surface area contributed by atoms with Gasteiger partial charge in [-0.3, -0.25) is 4.79 Å². The number of benzene rings is 1. The molecule has 0 saturated carbocycles. The minimum absolute atomic E-state index is 0.0299. The summed E-state index contributed by atoms with van der Waals surface area (Å²) in [5.41, 5.74) is 0.731. The maximum atomic E-state index is 11.2. The number of amides is 1. The Hall–Kier alpha value is -2.44. The summed E-state index contributed by atoms with van der Waals surface area (Å²) in [5, 5.41) is 10.5. The molecule has 0 aliphatic carbocycles. The highest BCUT2D eigenvalue weighted by Gasteiger charge is 2.12. The number of ether oxygens (including phenoxy) is 3. The van der Waals surface area contributed by atoms with Crippen molar-refractivity contribution in [3.63, 3.8) is 0 Å². The van der Waals surface area contributed by atoms with Gasteiger partial charge in [0.2, 0.25) is 0 Å². The highest BCUT2D eigenvalue weighted by Crippen LogP contribution is 2.30. The second kappa shape index (κ2) is 5.94. The molecule has 1 aromatic rings. The van der Waals surface area contributed by atoms with Gasteiger partial charge in [0.25, 0.3) is 0 Å². The maximum Gasteiger partial charge on any atom is 0.407 e. The first-order valence-electron chi connectivity index (χ1n) is 5.66. The highest BCUT2D eigenvalue weighted by molar-refractivity contribution is 5.76. The quantitative estimate of drug-likeness (QED) is 0.836. The SMILES string of the molecule is O=C(O)CNC(=O)OCc1ccc2c(c1)OCCO2. The van der Waals surface area contributed by atoms with E-state index < -0.39 is 18.6 Å². The summed E-state index contributed by atoms with van der Waals surface area (Å²) in [6, 6.07) is 5.21. The number of carboxylic acids is 1. The Balaban J connectivity index is 1.86. The molecule has 0 fully saturated rings. The molecular weight excluding hydrogens is 254 g/mol. The third-order valence-electron chi connectivity index (χ3n) is 2.36. The van der Waals surface area contributed by atoms with Crippen LogP contribution in [0.4, 0.5) is 4.79 Å². The molecule has 2 N–H and O–H groups in total. The van der Waals surface area contributed by atoms with Crippen molar-refractivity contribution < 1.29 is 28.9 Å². The van der Waals surface area contributed by atoms with E-state index in [9.17, 15) is 9.59 Å². The average Bonchev–Trinajstić information content (AvgIpc) is 2.42. The van der Waals surface area contributed by atoms with Crippen LogP contribution in [0.2, 0.25) is 0 Å². The van der Waals surface area contributed by atoms with Crippen molar-refractivity contribution in [1.82, 2.24) is 5.32 Å². The molecular formula is C12H13NO6. The van der Waals surface area contributed by atoms with Crippen LogP contribution in [0.3, 0.4) is 0 Å². The van der Waals surface area contributed by atoms with Crippen molar-refractivity contribution in [3.05, 3.63) is 23.8 Å². The van der Waals surface area contributed by atoms with Gasteiger partial charge in [0.05, 0.1) is 0 Å². The van der Waals surface area contributed by atoms with Gasteiger partial charge in [0, 0.05) is 0 Å². The lowest BCUT2D eigenvalue weighted by molar-refractivity contribution is -0.135. The largest absolute Gasteiger partial charge is 0.486 e. The van der Waals surface area contributed by atoms with E-state index in [2.05, 4.69) is 5.32 Å². The van der Waals surface area contributed by atoms with Crippen LogP contribution in [0, 0.1) is 0 Å². The minimum Gasteiger partial charge on any atom is -0.486 e. The molecule has 0 unspecified atom stereocenters. The number of carboxylic acid groups (broad SMARTS) is 1. The molecule has 19 heavy (non-hydrogen) atoms. The molecule has 0 spiro atoms. The fourth-order valence-corrected chi connectivity index (χ4v) is 1.53. The Morgan fingerprint density at radius 3 is 2.74 bits per heavy atom. The monoisotopic (exact) mass is 267 g/mol. The van der Waals surface area contributed by atoms with Crippen molar-refractivity contribution in [2.24, 2.45) is 0 Å². The van der Waals surface area contributed by atoms with Gasteiger partial charge in [-0.05, 0) is 17.7 Å². The normalized spacial score (nSPS) is 12.6. The van der Waals surface area contributed by atoms with Crippen LogP contribution in [-0.4, -0.2) is 36.9 Å². The first-order chi connectivity index (χ1) is 9.15. The second-order valence-electron chi connectivity index (χ2n) is 3.80. The van der Waals surface area contributed by atoms with Crippen LogP contribution in [-0.2, 0) is 16.1 Å². The van der Waals surface area contributed by atoms with Gasteiger partial charge in [0.1, 0.15) is 26.4 Å².